The van der Waals surface area contributed by atoms with E-state index in [1.54, 1.807) is 11.3 Å². The van der Waals surface area contributed by atoms with E-state index >= 15 is 0 Å². The molecule has 5 heteroatoms. The van der Waals surface area contributed by atoms with Gasteiger partial charge in [0.2, 0.25) is 0 Å². The van der Waals surface area contributed by atoms with E-state index in [4.69, 9.17) is 10.5 Å². The van der Waals surface area contributed by atoms with Gasteiger partial charge in [-0.1, -0.05) is 0 Å². The van der Waals surface area contributed by atoms with Crippen molar-refractivity contribution in [3.05, 3.63) is 21.9 Å². The topological polar surface area (TPSA) is 64.4 Å². The molecule has 4 nitrogen and oxygen atoms in total. The van der Waals surface area contributed by atoms with E-state index in [9.17, 15) is 4.79 Å². The van der Waals surface area contributed by atoms with Crippen LogP contribution in [0, 0.1) is 12.8 Å². The first-order chi connectivity index (χ1) is 8.68. The third kappa shape index (κ3) is 1.86. The number of aryl methyl sites for hydroxylation is 1. The van der Waals surface area contributed by atoms with E-state index in [0.29, 0.717) is 5.92 Å². The van der Waals surface area contributed by atoms with Crippen LogP contribution in [-0.2, 0) is 4.74 Å². The summed E-state index contributed by atoms with van der Waals surface area (Å²) >= 11 is 1.55. The number of hydrogen-bond acceptors (Lipinski definition) is 4. The predicted octanol–water partition coefficient (Wildman–Crippen LogP) is 1.29. The van der Waals surface area contributed by atoms with E-state index in [-0.39, 0.29) is 24.1 Å². The van der Waals surface area contributed by atoms with Crippen molar-refractivity contribution in [3.8, 4) is 0 Å². The van der Waals surface area contributed by atoms with E-state index in [1.165, 1.54) is 0 Å². The average molecular weight is 266 g/mol. The van der Waals surface area contributed by atoms with Crippen molar-refractivity contribution in [2.24, 2.45) is 11.7 Å². The van der Waals surface area contributed by atoms with Crippen LogP contribution >= 0.6 is 11.3 Å². The number of fused-ring (bicyclic) bond motifs is 1. The summed E-state index contributed by atoms with van der Waals surface area (Å²) in [6, 6.07) is 0.0142. The highest BCUT2D eigenvalue weighted by molar-refractivity contribution is 7.08. The molecule has 1 aromatic heterocycles. The molecule has 1 aromatic rings. The minimum Gasteiger partial charge on any atom is -0.376 e. The number of rotatable bonds is 2. The Bertz CT molecular complexity index is 460. The number of amides is 1. The Morgan fingerprint density at radius 1 is 1.56 bits per heavy atom. The molecule has 1 aliphatic heterocycles. The highest BCUT2D eigenvalue weighted by Crippen LogP contribution is 2.37. The van der Waals surface area contributed by atoms with Gasteiger partial charge in [0.05, 0.1) is 17.7 Å². The maximum atomic E-state index is 12.1. The van der Waals surface area contributed by atoms with Gasteiger partial charge in [-0.05, 0) is 30.7 Å². The van der Waals surface area contributed by atoms with Gasteiger partial charge in [-0.2, -0.15) is 11.3 Å². The summed E-state index contributed by atoms with van der Waals surface area (Å²) < 4.78 is 5.72. The number of carbonyl (C=O) groups is 1. The van der Waals surface area contributed by atoms with E-state index in [1.807, 2.05) is 17.7 Å². The van der Waals surface area contributed by atoms with Gasteiger partial charge in [0, 0.05) is 23.9 Å². The van der Waals surface area contributed by atoms with E-state index in [2.05, 4.69) is 5.32 Å². The zero-order valence-electron chi connectivity index (χ0n) is 10.4. The van der Waals surface area contributed by atoms with Crippen molar-refractivity contribution < 1.29 is 9.53 Å². The number of hydrogen-bond donors (Lipinski definition) is 2. The molecule has 0 bridgehead atoms. The first-order valence-corrected chi connectivity index (χ1v) is 7.33. The summed E-state index contributed by atoms with van der Waals surface area (Å²) in [4.78, 5) is 12.1. The van der Waals surface area contributed by atoms with Crippen LogP contribution in [0.1, 0.15) is 28.8 Å². The molecule has 1 aliphatic carbocycles. The molecular weight excluding hydrogens is 248 g/mol. The Morgan fingerprint density at radius 3 is 3.11 bits per heavy atom. The van der Waals surface area contributed by atoms with Gasteiger partial charge < -0.3 is 15.8 Å². The zero-order chi connectivity index (χ0) is 12.7. The van der Waals surface area contributed by atoms with E-state index in [0.717, 1.165) is 30.6 Å². The Kier molecular flexibility index (Phi) is 3.13. The quantitative estimate of drug-likeness (QED) is 0.848. The second kappa shape index (κ2) is 4.64. The fourth-order valence-electron chi connectivity index (χ4n) is 2.95. The molecule has 1 amide bonds. The molecular formula is C13H18N2O2S. The van der Waals surface area contributed by atoms with Crippen LogP contribution < -0.4 is 11.1 Å². The zero-order valence-corrected chi connectivity index (χ0v) is 11.2. The van der Waals surface area contributed by atoms with Crippen molar-refractivity contribution in [3.63, 3.8) is 0 Å². The molecule has 3 rings (SSSR count). The lowest BCUT2D eigenvalue weighted by Crippen LogP contribution is -2.72. The lowest BCUT2D eigenvalue weighted by atomic mass is 9.68. The second-order valence-corrected chi connectivity index (χ2v) is 5.93. The Morgan fingerprint density at radius 2 is 2.39 bits per heavy atom. The number of nitrogens with one attached hydrogen (secondary N) is 1. The summed E-state index contributed by atoms with van der Waals surface area (Å²) in [6.45, 7) is 2.74. The smallest absolute Gasteiger partial charge is 0.252 e. The molecule has 2 aliphatic rings. The first kappa shape index (κ1) is 12.1. The minimum atomic E-state index is -0.0261. The lowest BCUT2D eigenvalue weighted by Gasteiger charge is -2.52. The van der Waals surface area contributed by atoms with Crippen LogP contribution in [0.4, 0.5) is 0 Å². The molecule has 18 heavy (non-hydrogen) atoms. The van der Waals surface area contributed by atoms with Crippen LogP contribution in [0.15, 0.2) is 10.8 Å². The third-order valence-corrected chi connectivity index (χ3v) is 4.94. The van der Waals surface area contributed by atoms with Crippen molar-refractivity contribution in [1.29, 1.82) is 0 Å². The van der Waals surface area contributed by atoms with Crippen molar-refractivity contribution in [2.75, 3.05) is 6.61 Å². The highest BCUT2D eigenvalue weighted by Gasteiger charge is 2.51. The first-order valence-electron chi connectivity index (χ1n) is 6.39. The van der Waals surface area contributed by atoms with Crippen LogP contribution in [-0.4, -0.2) is 30.7 Å². The monoisotopic (exact) mass is 266 g/mol. The summed E-state index contributed by atoms with van der Waals surface area (Å²) in [5, 5.41) is 6.89. The highest BCUT2D eigenvalue weighted by atomic mass is 32.1. The van der Waals surface area contributed by atoms with Crippen molar-refractivity contribution in [2.45, 2.75) is 38.0 Å². The number of carbonyl (C=O) groups excluding carboxylic acids is 1. The number of nitrogens with two attached hydrogens (primary N) is 1. The molecule has 4 unspecified atom stereocenters. The number of ether oxygens (including phenoxy) is 1. The summed E-state index contributed by atoms with van der Waals surface area (Å²) in [5.74, 6) is 0.398. The normalized spacial score (nSPS) is 34.6. The summed E-state index contributed by atoms with van der Waals surface area (Å²) in [7, 11) is 0. The lowest BCUT2D eigenvalue weighted by molar-refractivity contribution is -0.117. The van der Waals surface area contributed by atoms with Gasteiger partial charge >= 0.3 is 0 Å². The Hall–Kier alpha value is -0.910. The molecule has 2 fully saturated rings. The molecule has 0 spiro atoms. The SMILES string of the molecule is Cc1cscc1C(=O)NC1C(N)C2CCCOC21. The van der Waals surface area contributed by atoms with Gasteiger partial charge in [-0.3, -0.25) is 4.79 Å². The van der Waals surface area contributed by atoms with Crippen LogP contribution in [0.3, 0.4) is 0 Å². The molecule has 3 N–H and O–H groups in total. The molecule has 1 saturated carbocycles. The van der Waals surface area contributed by atoms with Gasteiger partial charge in [0.1, 0.15) is 0 Å². The Labute approximate surface area is 111 Å². The van der Waals surface area contributed by atoms with E-state index < -0.39 is 0 Å². The molecule has 2 heterocycles. The van der Waals surface area contributed by atoms with Gasteiger partial charge in [0.25, 0.3) is 5.91 Å². The van der Waals surface area contributed by atoms with Gasteiger partial charge in [0.15, 0.2) is 0 Å². The van der Waals surface area contributed by atoms with Crippen molar-refractivity contribution >= 4 is 17.2 Å². The molecule has 1 saturated heterocycles. The minimum absolute atomic E-state index is 0.0258. The third-order valence-electron chi connectivity index (χ3n) is 4.08. The summed E-state index contributed by atoms with van der Waals surface area (Å²) in [6.07, 6.45) is 2.33. The largest absolute Gasteiger partial charge is 0.376 e. The Balaban J connectivity index is 1.67. The summed E-state index contributed by atoms with van der Waals surface area (Å²) in [5.41, 5.74) is 7.90. The molecule has 98 valence electrons. The average Bonchev–Trinajstić information content (AvgIpc) is 2.81. The van der Waals surface area contributed by atoms with Gasteiger partial charge in [-0.25, -0.2) is 0 Å². The van der Waals surface area contributed by atoms with Crippen molar-refractivity contribution in [1.82, 2.24) is 5.32 Å². The maximum absolute atomic E-state index is 12.1. The standard InChI is InChI=1S/C13H18N2O2S/c1-7-5-18-6-9(7)13(16)15-11-10(14)8-3-2-4-17-12(8)11/h5-6,8,10-12H,2-4,14H2,1H3,(H,15,16). The van der Waals surface area contributed by atoms with Crippen LogP contribution in [0.25, 0.3) is 0 Å². The fourth-order valence-corrected chi connectivity index (χ4v) is 3.78. The predicted molar refractivity (Wildman–Crippen MR) is 70.7 cm³/mol. The number of thiophene rings is 1. The maximum Gasteiger partial charge on any atom is 0.252 e. The second-order valence-electron chi connectivity index (χ2n) is 5.19. The van der Waals surface area contributed by atoms with Crippen LogP contribution in [0.5, 0.6) is 0 Å². The van der Waals surface area contributed by atoms with Gasteiger partial charge in [-0.15, -0.1) is 0 Å². The molecule has 0 aromatic carbocycles. The molecule has 4 atom stereocenters. The fraction of sp³-hybridized carbons (Fsp3) is 0.615. The van der Waals surface area contributed by atoms with Crippen LogP contribution in [0.2, 0.25) is 0 Å². The molecule has 0 radical (unpaired) electrons.